The van der Waals surface area contributed by atoms with Crippen LogP contribution in [0, 0.1) is 5.92 Å². The number of ether oxygens (including phenoxy) is 3. The van der Waals surface area contributed by atoms with E-state index in [1.807, 2.05) is 30.3 Å². The Labute approximate surface area is 152 Å². The minimum absolute atomic E-state index is 0.161. The van der Waals surface area contributed by atoms with Gasteiger partial charge in [-0.25, -0.2) is 9.59 Å². The molecular formula is C20H21NO5. The molecule has 0 aromatic heterocycles. The van der Waals surface area contributed by atoms with Gasteiger partial charge < -0.3 is 14.2 Å². The fourth-order valence-corrected chi connectivity index (χ4v) is 2.37. The molecule has 2 aromatic rings. The molecule has 26 heavy (non-hydrogen) atoms. The number of anilines is 1. The van der Waals surface area contributed by atoms with Crippen molar-refractivity contribution < 1.29 is 23.8 Å². The second-order valence-corrected chi connectivity index (χ2v) is 6.18. The van der Waals surface area contributed by atoms with Crippen LogP contribution in [-0.2, 0) is 16.1 Å². The molecule has 6 heteroatoms. The van der Waals surface area contributed by atoms with Crippen LogP contribution in [0.25, 0.3) is 0 Å². The lowest BCUT2D eigenvalue weighted by molar-refractivity contribution is 0.0600. The van der Waals surface area contributed by atoms with Crippen molar-refractivity contribution in [1.82, 2.24) is 0 Å². The van der Waals surface area contributed by atoms with E-state index in [0.717, 1.165) is 18.4 Å². The van der Waals surface area contributed by atoms with E-state index in [1.165, 1.54) is 13.2 Å². The van der Waals surface area contributed by atoms with Crippen LogP contribution in [0.1, 0.15) is 28.8 Å². The Morgan fingerprint density at radius 3 is 2.58 bits per heavy atom. The van der Waals surface area contributed by atoms with E-state index in [9.17, 15) is 9.59 Å². The summed E-state index contributed by atoms with van der Waals surface area (Å²) in [5.41, 5.74) is 1.61. The number of amides is 1. The summed E-state index contributed by atoms with van der Waals surface area (Å²) in [5.74, 6) is 0.588. The lowest BCUT2D eigenvalue weighted by Crippen LogP contribution is -2.14. The van der Waals surface area contributed by atoms with Crippen molar-refractivity contribution in [3.63, 3.8) is 0 Å². The number of hydrogen-bond donors (Lipinski definition) is 1. The maximum atomic E-state index is 12.0. The van der Waals surface area contributed by atoms with Gasteiger partial charge in [-0.15, -0.1) is 0 Å². The average Bonchev–Trinajstić information content (AvgIpc) is 3.49. The average molecular weight is 355 g/mol. The number of nitrogens with one attached hydrogen (secondary N) is 1. The molecule has 1 N–H and O–H groups in total. The van der Waals surface area contributed by atoms with Gasteiger partial charge in [-0.2, -0.15) is 0 Å². The molecule has 1 saturated carbocycles. The van der Waals surface area contributed by atoms with E-state index in [0.29, 0.717) is 29.5 Å². The van der Waals surface area contributed by atoms with Gasteiger partial charge in [-0.1, -0.05) is 30.3 Å². The molecule has 0 spiro atoms. The summed E-state index contributed by atoms with van der Waals surface area (Å²) in [6, 6.07) is 14.2. The first-order chi connectivity index (χ1) is 12.6. The van der Waals surface area contributed by atoms with Crippen molar-refractivity contribution in [2.75, 3.05) is 19.0 Å². The second-order valence-electron chi connectivity index (χ2n) is 6.18. The number of rotatable bonds is 7. The van der Waals surface area contributed by atoms with Gasteiger partial charge in [0.1, 0.15) is 12.4 Å². The van der Waals surface area contributed by atoms with Crippen LogP contribution in [0.5, 0.6) is 5.75 Å². The topological polar surface area (TPSA) is 73.9 Å². The molecule has 0 unspecified atom stereocenters. The molecular weight excluding hydrogens is 334 g/mol. The highest BCUT2D eigenvalue weighted by atomic mass is 16.5. The van der Waals surface area contributed by atoms with Gasteiger partial charge in [-0.05, 0) is 36.5 Å². The number of carbonyl (C=O) groups is 2. The predicted octanol–water partition coefficient (Wildman–Crippen LogP) is 4.01. The van der Waals surface area contributed by atoms with Crippen LogP contribution in [0.4, 0.5) is 10.5 Å². The summed E-state index contributed by atoms with van der Waals surface area (Å²) in [6.45, 7) is 0.761. The lowest BCUT2D eigenvalue weighted by atomic mass is 10.2. The Hall–Kier alpha value is -3.02. The SMILES string of the molecule is COC(=O)c1cc(NC(=O)OCc2ccccc2)cc(OCC2CC2)c1. The quantitative estimate of drug-likeness (QED) is 0.760. The van der Waals surface area contributed by atoms with E-state index in [1.54, 1.807) is 12.1 Å². The van der Waals surface area contributed by atoms with E-state index in [4.69, 9.17) is 14.2 Å². The van der Waals surface area contributed by atoms with Gasteiger partial charge in [-0.3, -0.25) is 5.32 Å². The smallest absolute Gasteiger partial charge is 0.411 e. The fraction of sp³-hybridized carbons (Fsp3) is 0.300. The zero-order valence-corrected chi connectivity index (χ0v) is 14.6. The summed E-state index contributed by atoms with van der Waals surface area (Å²) in [6.07, 6.45) is 1.71. The zero-order valence-electron chi connectivity index (χ0n) is 14.6. The zero-order chi connectivity index (χ0) is 18.4. The summed E-state index contributed by atoms with van der Waals surface area (Å²) in [5, 5.41) is 2.63. The van der Waals surface area contributed by atoms with Crippen LogP contribution in [0.2, 0.25) is 0 Å². The molecule has 0 atom stereocenters. The van der Waals surface area contributed by atoms with Crippen LogP contribution >= 0.6 is 0 Å². The van der Waals surface area contributed by atoms with Crippen molar-refractivity contribution in [1.29, 1.82) is 0 Å². The van der Waals surface area contributed by atoms with E-state index in [-0.39, 0.29) is 6.61 Å². The first-order valence-corrected chi connectivity index (χ1v) is 8.48. The third-order valence-corrected chi connectivity index (χ3v) is 3.97. The molecule has 3 rings (SSSR count). The maximum absolute atomic E-state index is 12.0. The molecule has 0 heterocycles. The van der Waals surface area contributed by atoms with Gasteiger partial charge in [0.05, 0.1) is 19.3 Å². The van der Waals surface area contributed by atoms with Crippen molar-refractivity contribution in [2.45, 2.75) is 19.4 Å². The van der Waals surface area contributed by atoms with Crippen LogP contribution < -0.4 is 10.1 Å². The lowest BCUT2D eigenvalue weighted by Gasteiger charge is -2.12. The van der Waals surface area contributed by atoms with Crippen LogP contribution in [0.3, 0.4) is 0 Å². The van der Waals surface area contributed by atoms with Gasteiger partial charge in [0.15, 0.2) is 0 Å². The second kappa shape index (κ2) is 8.38. The Morgan fingerprint density at radius 2 is 1.88 bits per heavy atom. The molecule has 6 nitrogen and oxygen atoms in total. The molecule has 1 fully saturated rings. The van der Waals surface area contributed by atoms with Crippen molar-refractivity contribution in [3.8, 4) is 5.75 Å². The van der Waals surface area contributed by atoms with E-state index < -0.39 is 12.1 Å². The molecule has 0 aliphatic heterocycles. The summed E-state index contributed by atoms with van der Waals surface area (Å²) in [7, 11) is 1.31. The molecule has 2 aromatic carbocycles. The molecule has 0 saturated heterocycles. The molecule has 1 amide bonds. The maximum Gasteiger partial charge on any atom is 0.411 e. The normalized spacial score (nSPS) is 13.0. The Kier molecular flexibility index (Phi) is 5.73. The fourth-order valence-electron chi connectivity index (χ4n) is 2.37. The number of carbonyl (C=O) groups excluding carboxylic acids is 2. The first-order valence-electron chi connectivity index (χ1n) is 8.48. The third kappa shape index (κ3) is 5.24. The Morgan fingerprint density at radius 1 is 1.12 bits per heavy atom. The van der Waals surface area contributed by atoms with Crippen molar-refractivity contribution >= 4 is 17.7 Å². The summed E-state index contributed by atoms with van der Waals surface area (Å²) in [4.78, 5) is 23.9. The predicted molar refractivity (Wildman–Crippen MR) is 96.3 cm³/mol. The summed E-state index contributed by atoms with van der Waals surface area (Å²) < 4.78 is 15.7. The van der Waals surface area contributed by atoms with Crippen LogP contribution in [-0.4, -0.2) is 25.8 Å². The van der Waals surface area contributed by atoms with Crippen LogP contribution in [0.15, 0.2) is 48.5 Å². The van der Waals surface area contributed by atoms with Gasteiger partial charge in [0.25, 0.3) is 0 Å². The van der Waals surface area contributed by atoms with Gasteiger partial charge in [0, 0.05) is 11.8 Å². The Bertz CT molecular complexity index is 771. The van der Waals surface area contributed by atoms with Crippen molar-refractivity contribution in [3.05, 3.63) is 59.7 Å². The highest BCUT2D eigenvalue weighted by Crippen LogP contribution is 2.30. The summed E-state index contributed by atoms with van der Waals surface area (Å²) >= 11 is 0. The number of hydrogen-bond acceptors (Lipinski definition) is 5. The highest BCUT2D eigenvalue weighted by molar-refractivity contribution is 5.93. The standard InChI is InChI=1S/C20H21NO5/c1-24-19(22)16-9-17(11-18(10-16)25-12-15-7-8-15)21-20(23)26-13-14-5-3-2-4-6-14/h2-6,9-11,15H,7-8,12-13H2,1H3,(H,21,23). The molecule has 136 valence electrons. The monoisotopic (exact) mass is 355 g/mol. The minimum Gasteiger partial charge on any atom is -0.493 e. The van der Waals surface area contributed by atoms with E-state index in [2.05, 4.69) is 5.32 Å². The first kappa shape index (κ1) is 17.8. The molecule has 0 radical (unpaired) electrons. The van der Waals surface area contributed by atoms with Gasteiger partial charge >= 0.3 is 12.1 Å². The highest BCUT2D eigenvalue weighted by Gasteiger charge is 2.22. The number of benzene rings is 2. The molecule has 1 aliphatic rings. The number of methoxy groups -OCH3 is 1. The van der Waals surface area contributed by atoms with Gasteiger partial charge in [0.2, 0.25) is 0 Å². The molecule has 1 aliphatic carbocycles. The minimum atomic E-state index is -0.607. The third-order valence-electron chi connectivity index (χ3n) is 3.97. The van der Waals surface area contributed by atoms with Crippen molar-refractivity contribution in [2.24, 2.45) is 5.92 Å². The van der Waals surface area contributed by atoms with E-state index >= 15 is 0 Å². The molecule has 0 bridgehead atoms. The largest absolute Gasteiger partial charge is 0.493 e. The number of esters is 1. The Balaban J connectivity index is 1.65.